The molecule has 1 amide bonds. The fraction of sp³-hybridized carbons (Fsp3) is 0.529. The van der Waals surface area contributed by atoms with Crippen LogP contribution in [0.4, 0.5) is 0 Å². The number of carbonyl (C=O) groups excluding carboxylic acids is 2. The van der Waals surface area contributed by atoms with Crippen molar-refractivity contribution in [2.45, 2.75) is 39.0 Å². The molecule has 1 N–H and O–H groups in total. The van der Waals surface area contributed by atoms with E-state index < -0.39 is 5.97 Å². The van der Waals surface area contributed by atoms with Crippen molar-refractivity contribution in [3.05, 3.63) is 29.3 Å². The minimum atomic E-state index is -0.498. The van der Waals surface area contributed by atoms with Crippen molar-refractivity contribution in [2.24, 2.45) is 0 Å². The summed E-state index contributed by atoms with van der Waals surface area (Å²) >= 11 is 5.91. The lowest BCUT2D eigenvalue weighted by Gasteiger charge is -2.09. The molecule has 0 spiro atoms. The predicted molar refractivity (Wildman–Crippen MR) is 89.7 cm³/mol. The Morgan fingerprint density at radius 3 is 2.70 bits per heavy atom. The number of halogens is 1. The smallest absolute Gasteiger partial charge is 0.344 e. The van der Waals surface area contributed by atoms with Gasteiger partial charge in [0.1, 0.15) is 12.4 Å². The average Bonchev–Trinajstić information content (AvgIpc) is 2.55. The minimum absolute atomic E-state index is 0.00975. The van der Waals surface area contributed by atoms with Crippen LogP contribution in [0, 0.1) is 0 Å². The number of benzene rings is 1. The first-order valence-electron chi connectivity index (χ1n) is 7.93. The number of amides is 1. The summed E-state index contributed by atoms with van der Waals surface area (Å²) in [5, 5.41) is 3.16. The standard InChI is InChI=1S/C17H24ClNO4/c1-2-3-4-5-10-16(20)19-11-12-22-17(21)13-23-15-9-7-6-8-14(15)18/h6-9H,2-5,10-13H2,1H3,(H,19,20). The van der Waals surface area contributed by atoms with Crippen LogP contribution in [0.2, 0.25) is 5.02 Å². The summed E-state index contributed by atoms with van der Waals surface area (Å²) in [6.07, 6.45) is 4.77. The van der Waals surface area contributed by atoms with Gasteiger partial charge in [0.2, 0.25) is 5.91 Å². The zero-order chi connectivity index (χ0) is 16.9. The highest BCUT2D eigenvalue weighted by Crippen LogP contribution is 2.22. The van der Waals surface area contributed by atoms with Crippen LogP contribution in [0.3, 0.4) is 0 Å². The predicted octanol–water partition coefficient (Wildman–Crippen LogP) is 3.35. The molecule has 0 saturated carbocycles. The molecule has 5 nitrogen and oxygen atoms in total. The molecular formula is C17H24ClNO4. The van der Waals surface area contributed by atoms with Gasteiger partial charge in [0.15, 0.2) is 6.61 Å². The van der Waals surface area contributed by atoms with Crippen molar-refractivity contribution in [1.29, 1.82) is 0 Å². The highest BCUT2D eigenvalue weighted by Gasteiger charge is 2.07. The lowest BCUT2D eigenvalue weighted by Crippen LogP contribution is -2.28. The topological polar surface area (TPSA) is 64.6 Å². The third-order valence-corrected chi connectivity index (χ3v) is 3.44. The van der Waals surface area contributed by atoms with Crippen LogP contribution in [0.1, 0.15) is 39.0 Å². The molecule has 1 rings (SSSR count). The van der Waals surface area contributed by atoms with E-state index in [0.717, 1.165) is 25.7 Å². The minimum Gasteiger partial charge on any atom is -0.480 e. The van der Waals surface area contributed by atoms with Crippen LogP contribution >= 0.6 is 11.6 Å². The molecule has 23 heavy (non-hydrogen) atoms. The first-order valence-corrected chi connectivity index (χ1v) is 8.31. The Labute approximate surface area is 142 Å². The summed E-state index contributed by atoms with van der Waals surface area (Å²) in [6.45, 7) is 2.36. The Morgan fingerprint density at radius 1 is 1.17 bits per heavy atom. The van der Waals surface area contributed by atoms with E-state index >= 15 is 0 Å². The van der Waals surface area contributed by atoms with Gasteiger partial charge >= 0.3 is 5.97 Å². The summed E-state index contributed by atoms with van der Waals surface area (Å²) in [6, 6.07) is 6.90. The van der Waals surface area contributed by atoms with Crippen molar-refractivity contribution in [3.63, 3.8) is 0 Å². The Balaban J connectivity index is 2.06. The second-order valence-electron chi connectivity index (χ2n) is 5.10. The number of hydrogen-bond acceptors (Lipinski definition) is 4. The average molecular weight is 342 g/mol. The summed E-state index contributed by atoms with van der Waals surface area (Å²) < 4.78 is 10.2. The van der Waals surface area contributed by atoms with E-state index in [0.29, 0.717) is 23.7 Å². The van der Waals surface area contributed by atoms with Crippen molar-refractivity contribution >= 4 is 23.5 Å². The van der Waals surface area contributed by atoms with Gasteiger partial charge in [-0.1, -0.05) is 49.9 Å². The molecule has 0 heterocycles. The first kappa shape index (κ1) is 19.3. The van der Waals surface area contributed by atoms with E-state index in [1.165, 1.54) is 0 Å². The lowest BCUT2D eigenvalue weighted by molar-refractivity contribution is -0.146. The van der Waals surface area contributed by atoms with Crippen LogP contribution in [0.25, 0.3) is 0 Å². The molecule has 1 aromatic carbocycles. The molecule has 0 aliphatic rings. The summed E-state index contributed by atoms with van der Waals surface area (Å²) in [7, 11) is 0. The molecule has 0 fully saturated rings. The molecule has 0 aromatic heterocycles. The van der Waals surface area contributed by atoms with Gasteiger partial charge in [-0.15, -0.1) is 0 Å². The van der Waals surface area contributed by atoms with Gasteiger partial charge in [0, 0.05) is 6.42 Å². The number of hydrogen-bond donors (Lipinski definition) is 1. The third-order valence-electron chi connectivity index (χ3n) is 3.13. The molecule has 0 unspecified atom stereocenters. The zero-order valence-corrected chi connectivity index (χ0v) is 14.2. The van der Waals surface area contributed by atoms with Crippen LogP contribution in [-0.2, 0) is 14.3 Å². The number of ether oxygens (including phenoxy) is 2. The SMILES string of the molecule is CCCCCCC(=O)NCCOC(=O)COc1ccccc1Cl. The van der Waals surface area contributed by atoms with Crippen LogP contribution in [0.15, 0.2) is 24.3 Å². The maximum atomic E-state index is 11.5. The van der Waals surface area contributed by atoms with Crippen LogP contribution in [0.5, 0.6) is 5.75 Å². The number of para-hydroxylation sites is 1. The van der Waals surface area contributed by atoms with E-state index in [2.05, 4.69) is 12.2 Å². The largest absolute Gasteiger partial charge is 0.480 e. The number of unbranched alkanes of at least 4 members (excludes halogenated alkanes) is 3. The molecule has 6 heteroatoms. The second kappa shape index (κ2) is 11.8. The molecule has 0 aliphatic heterocycles. The van der Waals surface area contributed by atoms with E-state index in [1.807, 2.05) is 0 Å². The Hall–Kier alpha value is -1.75. The monoisotopic (exact) mass is 341 g/mol. The van der Waals surface area contributed by atoms with Gasteiger partial charge < -0.3 is 14.8 Å². The summed E-state index contributed by atoms with van der Waals surface area (Å²) in [4.78, 5) is 23.0. The van der Waals surface area contributed by atoms with E-state index in [4.69, 9.17) is 21.1 Å². The lowest BCUT2D eigenvalue weighted by atomic mass is 10.1. The summed E-state index contributed by atoms with van der Waals surface area (Å²) in [5.41, 5.74) is 0. The Bertz CT molecular complexity index is 493. The molecule has 0 atom stereocenters. The van der Waals surface area contributed by atoms with Crippen molar-refractivity contribution < 1.29 is 19.1 Å². The Kier molecular flexibility index (Phi) is 9.87. The molecule has 0 radical (unpaired) electrons. The first-order chi connectivity index (χ1) is 11.1. The molecule has 0 saturated heterocycles. The van der Waals surface area contributed by atoms with E-state index in [1.54, 1.807) is 24.3 Å². The fourth-order valence-electron chi connectivity index (χ4n) is 1.90. The number of nitrogens with one attached hydrogen (secondary N) is 1. The molecule has 1 aromatic rings. The van der Waals surface area contributed by atoms with Gasteiger partial charge in [-0.2, -0.15) is 0 Å². The maximum Gasteiger partial charge on any atom is 0.344 e. The normalized spacial score (nSPS) is 10.2. The number of rotatable bonds is 11. The van der Waals surface area contributed by atoms with Gasteiger partial charge in [0.05, 0.1) is 11.6 Å². The summed E-state index contributed by atoms with van der Waals surface area (Å²) in [5.74, 6) is -0.0712. The third kappa shape index (κ3) is 9.08. The molecule has 0 bridgehead atoms. The Morgan fingerprint density at radius 2 is 1.96 bits per heavy atom. The van der Waals surface area contributed by atoms with Gasteiger partial charge in [-0.3, -0.25) is 4.79 Å². The number of carbonyl (C=O) groups is 2. The van der Waals surface area contributed by atoms with Crippen LogP contribution in [-0.4, -0.2) is 31.6 Å². The maximum absolute atomic E-state index is 11.5. The van der Waals surface area contributed by atoms with E-state index in [9.17, 15) is 9.59 Å². The van der Waals surface area contributed by atoms with E-state index in [-0.39, 0.29) is 19.1 Å². The van der Waals surface area contributed by atoms with Gasteiger partial charge in [-0.25, -0.2) is 4.79 Å². The van der Waals surface area contributed by atoms with Gasteiger partial charge in [-0.05, 0) is 18.6 Å². The second-order valence-corrected chi connectivity index (χ2v) is 5.51. The van der Waals surface area contributed by atoms with Gasteiger partial charge in [0.25, 0.3) is 0 Å². The fourth-order valence-corrected chi connectivity index (χ4v) is 2.09. The molecular weight excluding hydrogens is 318 g/mol. The number of esters is 1. The highest BCUT2D eigenvalue weighted by molar-refractivity contribution is 6.32. The molecule has 128 valence electrons. The van der Waals surface area contributed by atoms with Crippen molar-refractivity contribution in [1.82, 2.24) is 5.32 Å². The molecule has 0 aliphatic carbocycles. The quantitative estimate of drug-likeness (QED) is 0.495. The zero-order valence-electron chi connectivity index (χ0n) is 13.5. The highest BCUT2D eigenvalue weighted by atomic mass is 35.5. The van der Waals surface area contributed by atoms with Crippen molar-refractivity contribution in [3.8, 4) is 5.75 Å². The van der Waals surface area contributed by atoms with Crippen LogP contribution < -0.4 is 10.1 Å². The van der Waals surface area contributed by atoms with Crippen molar-refractivity contribution in [2.75, 3.05) is 19.8 Å².